The van der Waals surface area contributed by atoms with Crippen molar-refractivity contribution in [2.45, 2.75) is 31.1 Å². The van der Waals surface area contributed by atoms with Crippen molar-refractivity contribution in [1.29, 1.82) is 0 Å². The van der Waals surface area contributed by atoms with Crippen LogP contribution in [0.4, 0.5) is 10.2 Å². The van der Waals surface area contributed by atoms with Crippen LogP contribution < -0.4 is 10.2 Å². The zero-order valence-electron chi connectivity index (χ0n) is 16.8. The fourth-order valence-corrected chi connectivity index (χ4v) is 4.63. The molecule has 6 heteroatoms. The Morgan fingerprint density at radius 1 is 1.03 bits per heavy atom. The van der Waals surface area contributed by atoms with Gasteiger partial charge in [-0.15, -0.1) is 0 Å². The molecule has 154 valence electrons. The van der Waals surface area contributed by atoms with Crippen LogP contribution in [0.2, 0.25) is 0 Å². The molecule has 0 unspecified atom stereocenters. The Labute approximate surface area is 171 Å². The number of nitrogens with zero attached hydrogens (tertiary/aromatic N) is 3. The van der Waals surface area contributed by atoms with Crippen LogP contribution in [-0.2, 0) is 10.2 Å². The summed E-state index contributed by atoms with van der Waals surface area (Å²) in [5, 5.41) is 3.17. The number of piperazine rings is 1. The normalized spacial score (nSPS) is 19.3. The van der Waals surface area contributed by atoms with Gasteiger partial charge in [-0.25, -0.2) is 9.37 Å². The Hall–Kier alpha value is -2.47. The molecule has 1 saturated carbocycles. The van der Waals surface area contributed by atoms with Crippen LogP contribution in [-0.4, -0.2) is 55.1 Å². The number of aromatic nitrogens is 1. The second kappa shape index (κ2) is 8.91. The van der Waals surface area contributed by atoms with E-state index in [1.54, 1.807) is 0 Å². The first-order chi connectivity index (χ1) is 14.1. The van der Waals surface area contributed by atoms with Gasteiger partial charge in [0.05, 0.1) is 6.54 Å². The van der Waals surface area contributed by atoms with Gasteiger partial charge < -0.3 is 10.2 Å². The first-order valence-electron chi connectivity index (χ1n) is 10.6. The maximum absolute atomic E-state index is 13.3. The minimum Gasteiger partial charge on any atom is -0.354 e. The van der Waals surface area contributed by atoms with Crippen molar-refractivity contribution < 1.29 is 9.18 Å². The second-order valence-corrected chi connectivity index (χ2v) is 8.22. The van der Waals surface area contributed by atoms with E-state index in [9.17, 15) is 9.18 Å². The van der Waals surface area contributed by atoms with E-state index in [0.29, 0.717) is 13.1 Å². The predicted molar refractivity (Wildman–Crippen MR) is 112 cm³/mol. The van der Waals surface area contributed by atoms with Crippen LogP contribution in [0, 0.1) is 5.82 Å². The van der Waals surface area contributed by atoms with Gasteiger partial charge in [0, 0.05) is 44.3 Å². The molecule has 0 atom stereocenters. The smallest absolute Gasteiger partial charge is 0.234 e. The molecule has 1 saturated heterocycles. The Balaban J connectivity index is 1.28. The van der Waals surface area contributed by atoms with Crippen LogP contribution in [0.5, 0.6) is 0 Å². The number of anilines is 1. The van der Waals surface area contributed by atoms with E-state index < -0.39 is 0 Å². The van der Waals surface area contributed by atoms with E-state index in [1.165, 1.54) is 12.1 Å². The molecule has 4 rings (SSSR count). The number of amides is 1. The highest BCUT2D eigenvalue weighted by atomic mass is 19.1. The molecule has 29 heavy (non-hydrogen) atoms. The summed E-state index contributed by atoms with van der Waals surface area (Å²) in [6.07, 6.45) is 6.21. The average Bonchev–Trinajstić information content (AvgIpc) is 3.24. The Morgan fingerprint density at radius 2 is 1.76 bits per heavy atom. The van der Waals surface area contributed by atoms with Crippen molar-refractivity contribution in [1.82, 2.24) is 15.2 Å². The summed E-state index contributed by atoms with van der Waals surface area (Å²) >= 11 is 0. The fourth-order valence-electron chi connectivity index (χ4n) is 4.63. The first-order valence-corrected chi connectivity index (χ1v) is 10.6. The van der Waals surface area contributed by atoms with Crippen LogP contribution in [0.15, 0.2) is 48.7 Å². The summed E-state index contributed by atoms with van der Waals surface area (Å²) in [5.74, 6) is 0.861. The van der Waals surface area contributed by atoms with E-state index in [0.717, 1.165) is 63.2 Å². The van der Waals surface area contributed by atoms with Gasteiger partial charge in [-0.3, -0.25) is 9.69 Å². The zero-order chi connectivity index (χ0) is 20.1. The third-order valence-electron chi connectivity index (χ3n) is 6.35. The standard InChI is InChI=1S/C23H29FN4O/c24-20-8-6-19(7-9-20)23(10-2-3-11-23)18-26-22(29)17-27-13-15-28(16-14-27)21-5-1-4-12-25-21/h1,4-9,12H,2-3,10-11,13-18H2,(H,26,29). The summed E-state index contributed by atoms with van der Waals surface area (Å²) in [7, 11) is 0. The number of carbonyl (C=O) groups is 1. The van der Waals surface area contributed by atoms with Gasteiger partial charge >= 0.3 is 0 Å². The molecule has 0 radical (unpaired) electrons. The van der Waals surface area contributed by atoms with Crippen LogP contribution in [0.25, 0.3) is 0 Å². The molecule has 1 N–H and O–H groups in total. The molecule has 2 heterocycles. The maximum Gasteiger partial charge on any atom is 0.234 e. The zero-order valence-corrected chi connectivity index (χ0v) is 16.8. The highest BCUT2D eigenvalue weighted by molar-refractivity contribution is 5.78. The SMILES string of the molecule is O=C(CN1CCN(c2ccccn2)CC1)NCC1(c2ccc(F)cc2)CCCC1. The van der Waals surface area contributed by atoms with Gasteiger partial charge in [0.2, 0.25) is 5.91 Å². The van der Waals surface area contributed by atoms with E-state index in [1.807, 2.05) is 36.5 Å². The molecular formula is C23H29FN4O. The first kappa shape index (κ1) is 19.8. The molecule has 1 aliphatic heterocycles. The number of pyridine rings is 1. The fraction of sp³-hybridized carbons (Fsp3) is 0.478. The van der Waals surface area contributed by atoms with Crippen molar-refractivity contribution in [2.75, 3.05) is 44.2 Å². The highest BCUT2D eigenvalue weighted by Gasteiger charge is 2.36. The average molecular weight is 397 g/mol. The monoisotopic (exact) mass is 396 g/mol. The minimum atomic E-state index is -0.212. The van der Waals surface area contributed by atoms with Gasteiger partial charge in [-0.05, 0) is 42.7 Å². The lowest BCUT2D eigenvalue weighted by Gasteiger charge is -2.35. The molecule has 1 aromatic carbocycles. The number of halogens is 1. The molecule has 1 aliphatic carbocycles. The Kier molecular flexibility index (Phi) is 6.09. The molecule has 1 aromatic heterocycles. The summed E-state index contributed by atoms with van der Waals surface area (Å²) in [4.78, 5) is 21.5. The summed E-state index contributed by atoms with van der Waals surface area (Å²) in [6, 6.07) is 12.8. The molecule has 5 nitrogen and oxygen atoms in total. The Bertz CT molecular complexity index is 797. The lowest BCUT2D eigenvalue weighted by Crippen LogP contribution is -2.50. The van der Waals surface area contributed by atoms with Crippen molar-refractivity contribution >= 4 is 11.7 Å². The second-order valence-electron chi connectivity index (χ2n) is 8.22. The molecular weight excluding hydrogens is 367 g/mol. The van der Waals surface area contributed by atoms with E-state index in [4.69, 9.17) is 0 Å². The number of hydrogen-bond acceptors (Lipinski definition) is 4. The van der Waals surface area contributed by atoms with Crippen molar-refractivity contribution in [3.05, 3.63) is 60.0 Å². The largest absolute Gasteiger partial charge is 0.354 e. The summed E-state index contributed by atoms with van der Waals surface area (Å²) in [6.45, 7) is 4.52. The van der Waals surface area contributed by atoms with Crippen LogP contribution in [0.1, 0.15) is 31.2 Å². The number of nitrogens with one attached hydrogen (secondary N) is 1. The van der Waals surface area contributed by atoms with Gasteiger partial charge in [-0.1, -0.05) is 31.0 Å². The number of carbonyl (C=O) groups excluding carboxylic acids is 1. The van der Waals surface area contributed by atoms with Gasteiger partial charge in [0.15, 0.2) is 0 Å². The molecule has 2 fully saturated rings. The van der Waals surface area contributed by atoms with Gasteiger partial charge in [-0.2, -0.15) is 0 Å². The predicted octanol–water partition coefficient (Wildman–Crippen LogP) is 2.97. The molecule has 2 aliphatic rings. The van der Waals surface area contributed by atoms with Crippen LogP contribution >= 0.6 is 0 Å². The van der Waals surface area contributed by atoms with E-state index >= 15 is 0 Å². The Morgan fingerprint density at radius 3 is 2.41 bits per heavy atom. The molecule has 1 amide bonds. The van der Waals surface area contributed by atoms with E-state index in [-0.39, 0.29) is 17.1 Å². The van der Waals surface area contributed by atoms with Crippen molar-refractivity contribution in [3.63, 3.8) is 0 Å². The topological polar surface area (TPSA) is 48.5 Å². The molecule has 0 bridgehead atoms. The van der Waals surface area contributed by atoms with Gasteiger partial charge in [0.1, 0.15) is 11.6 Å². The lowest BCUT2D eigenvalue weighted by molar-refractivity contribution is -0.122. The third-order valence-corrected chi connectivity index (χ3v) is 6.35. The lowest BCUT2D eigenvalue weighted by atomic mass is 9.79. The highest BCUT2D eigenvalue weighted by Crippen LogP contribution is 2.40. The third kappa shape index (κ3) is 4.75. The van der Waals surface area contributed by atoms with Gasteiger partial charge in [0.25, 0.3) is 0 Å². The quantitative estimate of drug-likeness (QED) is 0.816. The minimum absolute atomic E-state index is 0.0545. The summed E-state index contributed by atoms with van der Waals surface area (Å²) < 4.78 is 13.3. The number of rotatable bonds is 6. The molecule has 2 aromatic rings. The van der Waals surface area contributed by atoms with Crippen molar-refractivity contribution in [2.24, 2.45) is 0 Å². The number of benzene rings is 1. The maximum atomic E-state index is 13.3. The van der Waals surface area contributed by atoms with E-state index in [2.05, 4.69) is 20.1 Å². The molecule has 0 spiro atoms. The summed E-state index contributed by atoms with van der Waals surface area (Å²) in [5.41, 5.74) is 1.08. The van der Waals surface area contributed by atoms with Crippen LogP contribution in [0.3, 0.4) is 0 Å². The number of hydrogen-bond donors (Lipinski definition) is 1. The van der Waals surface area contributed by atoms with Crippen molar-refractivity contribution in [3.8, 4) is 0 Å².